The lowest BCUT2D eigenvalue weighted by Gasteiger charge is -2.35. The van der Waals surface area contributed by atoms with E-state index in [0.29, 0.717) is 0 Å². The maximum absolute atomic E-state index is 6.05. The summed E-state index contributed by atoms with van der Waals surface area (Å²) in [5.74, 6) is 0.744. The van der Waals surface area contributed by atoms with Gasteiger partial charge >= 0.3 is 0 Å². The molecule has 1 saturated heterocycles. The molecule has 1 aliphatic heterocycles. The van der Waals surface area contributed by atoms with Crippen molar-refractivity contribution in [2.75, 3.05) is 19.7 Å². The van der Waals surface area contributed by atoms with Crippen LogP contribution < -0.4 is 5.32 Å². The zero-order valence-corrected chi connectivity index (χ0v) is 9.94. The average molecular weight is 199 g/mol. The summed E-state index contributed by atoms with van der Waals surface area (Å²) < 4.78 is 6.05. The molecule has 0 aromatic carbocycles. The van der Waals surface area contributed by atoms with E-state index in [2.05, 4.69) is 26.1 Å². The second-order valence-electron chi connectivity index (χ2n) is 4.72. The monoisotopic (exact) mass is 199 g/mol. The van der Waals surface area contributed by atoms with Crippen LogP contribution in [0.1, 0.15) is 46.5 Å². The van der Waals surface area contributed by atoms with Gasteiger partial charge in [-0.15, -0.1) is 0 Å². The third kappa shape index (κ3) is 3.58. The van der Waals surface area contributed by atoms with Gasteiger partial charge in [-0.2, -0.15) is 0 Å². The minimum absolute atomic E-state index is 0.0981. The van der Waals surface area contributed by atoms with Crippen LogP contribution in [-0.4, -0.2) is 25.3 Å². The van der Waals surface area contributed by atoms with Gasteiger partial charge in [-0.25, -0.2) is 0 Å². The van der Waals surface area contributed by atoms with Crippen molar-refractivity contribution >= 4 is 0 Å². The maximum Gasteiger partial charge on any atom is 0.0778 e. The third-order valence-electron chi connectivity index (χ3n) is 3.38. The van der Waals surface area contributed by atoms with E-state index in [9.17, 15) is 0 Å². The molecule has 14 heavy (non-hydrogen) atoms. The Morgan fingerprint density at radius 3 is 2.57 bits per heavy atom. The van der Waals surface area contributed by atoms with Crippen molar-refractivity contribution < 1.29 is 4.74 Å². The molecule has 1 unspecified atom stereocenters. The number of piperidine rings is 1. The van der Waals surface area contributed by atoms with Crippen molar-refractivity contribution in [3.8, 4) is 0 Å². The fraction of sp³-hybridized carbons (Fsp3) is 1.00. The fourth-order valence-corrected chi connectivity index (χ4v) is 2.00. The lowest BCUT2D eigenvalue weighted by Crippen LogP contribution is -2.46. The van der Waals surface area contributed by atoms with Crippen LogP contribution in [0.3, 0.4) is 0 Å². The molecule has 2 nitrogen and oxygen atoms in total. The molecule has 1 aliphatic rings. The number of nitrogens with one attached hydrogen (secondary N) is 1. The molecule has 1 heterocycles. The summed E-state index contributed by atoms with van der Waals surface area (Å²) in [6, 6.07) is 0. The SMILES string of the molecule is CCC(CC)COC1(C)CCCNC1. The zero-order valence-electron chi connectivity index (χ0n) is 9.94. The van der Waals surface area contributed by atoms with Crippen LogP contribution in [0, 0.1) is 5.92 Å². The number of hydrogen-bond acceptors (Lipinski definition) is 2. The number of rotatable bonds is 5. The molecule has 1 rings (SSSR count). The van der Waals surface area contributed by atoms with Gasteiger partial charge < -0.3 is 10.1 Å². The Bertz CT molecular complexity index is 148. The largest absolute Gasteiger partial charge is 0.374 e. The molecular formula is C12H25NO. The van der Waals surface area contributed by atoms with Gasteiger partial charge in [-0.1, -0.05) is 26.7 Å². The Hall–Kier alpha value is -0.0800. The van der Waals surface area contributed by atoms with E-state index in [1.165, 1.54) is 25.7 Å². The van der Waals surface area contributed by atoms with Crippen LogP contribution in [-0.2, 0) is 4.74 Å². The van der Waals surface area contributed by atoms with Gasteiger partial charge in [0.1, 0.15) is 0 Å². The van der Waals surface area contributed by atoms with Crippen molar-refractivity contribution in [1.29, 1.82) is 0 Å². The Kier molecular flexibility index (Phi) is 4.90. The van der Waals surface area contributed by atoms with Crippen molar-refractivity contribution in [3.63, 3.8) is 0 Å². The quantitative estimate of drug-likeness (QED) is 0.735. The van der Waals surface area contributed by atoms with E-state index in [0.717, 1.165) is 25.6 Å². The van der Waals surface area contributed by atoms with E-state index in [-0.39, 0.29) is 5.60 Å². The van der Waals surface area contributed by atoms with E-state index in [1.54, 1.807) is 0 Å². The first-order valence-electron chi connectivity index (χ1n) is 6.05. The van der Waals surface area contributed by atoms with Gasteiger partial charge in [-0.3, -0.25) is 0 Å². The lowest BCUT2D eigenvalue weighted by molar-refractivity contribution is -0.0621. The van der Waals surface area contributed by atoms with Crippen LogP contribution in [0.5, 0.6) is 0 Å². The molecule has 0 amide bonds. The molecule has 0 saturated carbocycles. The molecule has 0 radical (unpaired) electrons. The predicted octanol–water partition coefficient (Wildman–Crippen LogP) is 2.58. The molecule has 1 fully saturated rings. The Balaban J connectivity index is 2.27. The summed E-state index contributed by atoms with van der Waals surface area (Å²) >= 11 is 0. The number of hydrogen-bond donors (Lipinski definition) is 1. The zero-order chi connectivity index (χ0) is 10.4. The summed E-state index contributed by atoms with van der Waals surface area (Å²) in [6.07, 6.45) is 4.93. The molecular weight excluding hydrogens is 174 g/mol. The highest BCUT2D eigenvalue weighted by Crippen LogP contribution is 2.22. The maximum atomic E-state index is 6.05. The topological polar surface area (TPSA) is 21.3 Å². The van der Waals surface area contributed by atoms with Gasteiger partial charge in [0.25, 0.3) is 0 Å². The molecule has 0 aliphatic carbocycles. The second-order valence-corrected chi connectivity index (χ2v) is 4.72. The van der Waals surface area contributed by atoms with Crippen molar-refractivity contribution in [2.24, 2.45) is 5.92 Å². The Morgan fingerprint density at radius 1 is 1.36 bits per heavy atom. The minimum atomic E-state index is 0.0981. The van der Waals surface area contributed by atoms with Crippen LogP contribution in [0.4, 0.5) is 0 Å². The normalized spacial score (nSPS) is 28.3. The highest BCUT2D eigenvalue weighted by molar-refractivity contribution is 4.82. The standard InChI is InChI=1S/C12H25NO/c1-4-11(5-2)9-14-12(3)7-6-8-13-10-12/h11,13H,4-10H2,1-3H3. The van der Waals surface area contributed by atoms with Crippen LogP contribution in [0.2, 0.25) is 0 Å². The molecule has 0 aromatic rings. The first kappa shape index (κ1) is 12.0. The molecule has 2 heteroatoms. The summed E-state index contributed by atoms with van der Waals surface area (Å²) in [5, 5.41) is 3.41. The summed E-state index contributed by atoms with van der Waals surface area (Å²) in [7, 11) is 0. The Morgan fingerprint density at radius 2 is 2.07 bits per heavy atom. The summed E-state index contributed by atoms with van der Waals surface area (Å²) in [6.45, 7) is 9.85. The van der Waals surface area contributed by atoms with Gasteiger partial charge in [0.2, 0.25) is 0 Å². The third-order valence-corrected chi connectivity index (χ3v) is 3.38. The van der Waals surface area contributed by atoms with Crippen molar-refractivity contribution in [2.45, 2.75) is 52.1 Å². The first-order valence-corrected chi connectivity index (χ1v) is 6.05. The molecule has 1 atom stereocenters. The van der Waals surface area contributed by atoms with E-state index < -0.39 is 0 Å². The van der Waals surface area contributed by atoms with Gasteiger partial charge in [0.15, 0.2) is 0 Å². The number of ether oxygens (including phenoxy) is 1. The summed E-state index contributed by atoms with van der Waals surface area (Å²) in [4.78, 5) is 0. The molecule has 0 bridgehead atoms. The Labute approximate surface area is 88.4 Å². The van der Waals surface area contributed by atoms with E-state index >= 15 is 0 Å². The van der Waals surface area contributed by atoms with Crippen LogP contribution >= 0.6 is 0 Å². The van der Waals surface area contributed by atoms with Gasteiger partial charge in [-0.05, 0) is 32.2 Å². The summed E-state index contributed by atoms with van der Waals surface area (Å²) in [5.41, 5.74) is 0.0981. The van der Waals surface area contributed by atoms with Gasteiger partial charge in [0.05, 0.1) is 12.2 Å². The highest BCUT2D eigenvalue weighted by Gasteiger charge is 2.27. The van der Waals surface area contributed by atoms with Crippen molar-refractivity contribution in [3.05, 3.63) is 0 Å². The van der Waals surface area contributed by atoms with Crippen LogP contribution in [0.15, 0.2) is 0 Å². The van der Waals surface area contributed by atoms with E-state index in [4.69, 9.17) is 4.74 Å². The molecule has 84 valence electrons. The predicted molar refractivity (Wildman–Crippen MR) is 60.5 cm³/mol. The second kappa shape index (κ2) is 5.72. The van der Waals surface area contributed by atoms with E-state index in [1.807, 2.05) is 0 Å². The molecule has 1 N–H and O–H groups in total. The highest BCUT2D eigenvalue weighted by atomic mass is 16.5. The first-order chi connectivity index (χ1) is 6.70. The van der Waals surface area contributed by atoms with Crippen LogP contribution in [0.25, 0.3) is 0 Å². The molecule has 0 spiro atoms. The lowest BCUT2D eigenvalue weighted by atomic mass is 9.95. The van der Waals surface area contributed by atoms with Crippen molar-refractivity contribution in [1.82, 2.24) is 5.32 Å². The van der Waals surface area contributed by atoms with Gasteiger partial charge in [0, 0.05) is 6.54 Å². The molecule has 0 aromatic heterocycles. The minimum Gasteiger partial charge on any atom is -0.374 e. The average Bonchev–Trinajstić information content (AvgIpc) is 2.20. The smallest absolute Gasteiger partial charge is 0.0778 e. The fourth-order valence-electron chi connectivity index (χ4n) is 2.00.